The molecule has 15 heavy (non-hydrogen) atoms. The van der Waals surface area contributed by atoms with Gasteiger partial charge in [0.15, 0.2) is 0 Å². The minimum absolute atomic E-state index is 0.0377. The molecule has 0 unspecified atom stereocenters. The summed E-state index contributed by atoms with van der Waals surface area (Å²) in [7, 11) is 1.28. The van der Waals surface area contributed by atoms with Gasteiger partial charge in [0.25, 0.3) is 0 Å². The molecule has 0 aliphatic carbocycles. The summed E-state index contributed by atoms with van der Waals surface area (Å²) in [5.74, 6) is -0.340. The molecule has 2 N–H and O–H groups in total. The highest BCUT2D eigenvalue weighted by Gasteiger charge is 2.14. The Bertz CT molecular complexity index is 396. The van der Waals surface area contributed by atoms with Crippen molar-refractivity contribution in [3.05, 3.63) is 22.8 Å². The molecule has 1 aromatic carbocycles. The number of aromatic hydroxyl groups is 2. The van der Waals surface area contributed by atoms with Gasteiger partial charge in [0.05, 0.1) is 13.5 Å². The second-order valence-corrected chi connectivity index (χ2v) is 3.41. The number of ether oxygens (including phenoxy) is 1. The Morgan fingerprint density at radius 3 is 2.47 bits per heavy atom. The fourth-order valence-electron chi connectivity index (χ4n) is 1.31. The highest BCUT2D eigenvalue weighted by molar-refractivity contribution is 5.74. The number of phenols is 2. The molecule has 0 atom stereocenters. The average Bonchev–Trinajstić information content (AvgIpc) is 2.22. The third kappa shape index (κ3) is 2.21. The zero-order valence-electron chi connectivity index (χ0n) is 9.00. The Morgan fingerprint density at radius 2 is 1.93 bits per heavy atom. The fraction of sp³-hybridized carbons (Fsp3) is 0.364. The number of rotatable bonds is 2. The van der Waals surface area contributed by atoms with E-state index in [1.807, 2.05) is 0 Å². The molecule has 0 saturated heterocycles. The molecule has 1 rings (SSSR count). The summed E-state index contributed by atoms with van der Waals surface area (Å²) >= 11 is 0. The molecular formula is C11H14O4. The van der Waals surface area contributed by atoms with E-state index in [4.69, 9.17) is 0 Å². The summed E-state index contributed by atoms with van der Waals surface area (Å²) in [5.41, 5.74) is 1.57. The minimum Gasteiger partial charge on any atom is -0.508 e. The standard InChI is InChI=1S/C11H14O4/c1-6-7(2)11(14)8(4-9(6)12)5-10(13)15-3/h4,12,14H,5H2,1-3H3. The molecule has 0 aliphatic rings. The molecule has 0 bridgehead atoms. The molecule has 0 aromatic heterocycles. The maximum Gasteiger partial charge on any atom is 0.310 e. The van der Waals surface area contributed by atoms with Crippen LogP contribution in [0.25, 0.3) is 0 Å². The minimum atomic E-state index is -0.451. The van der Waals surface area contributed by atoms with E-state index in [0.717, 1.165) is 0 Å². The number of hydrogen-bond acceptors (Lipinski definition) is 4. The van der Waals surface area contributed by atoms with Gasteiger partial charge in [-0.05, 0) is 31.0 Å². The second kappa shape index (κ2) is 4.21. The Kier molecular flexibility index (Phi) is 3.19. The third-order valence-corrected chi connectivity index (χ3v) is 2.48. The van der Waals surface area contributed by atoms with E-state index in [2.05, 4.69) is 4.74 Å². The zero-order valence-corrected chi connectivity index (χ0v) is 9.00. The van der Waals surface area contributed by atoms with Crippen molar-refractivity contribution in [3.8, 4) is 11.5 Å². The number of carbonyl (C=O) groups is 1. The topological polar surface area (TPSA) is 66.8 Å². The van der Waals surface area contributed by atoms with E-state index in [-0.39, 0.29) is 17.9 Å². The number of hydrogen-bond donors (Lipinski definition) is 2. The van der Waals surface area contributed by atoms with Crippen LogP contribution in [0.1, 0.15) is 16.7 Å². The highest BCUT2D eigenvalue weighted by Crippen LogP contribution is 2.32. The summed E-state index contributed by atoms with van der Waals surface area (Å²) in [4.78, 5) is 11.0. The highest BCUT2D eigenvalue weighted by atomic mass is 16.5. The van der Waals surface area contributed by atoms with Crippen LogP contribution in [0.15, 0.2) is 6.07 Å². The number of carbonyl (C=O) groups excluding carboxylic acids is 1. The van der Waals surface area contributed by atoms with E-state index in [1.54, 1.807) is 13.8 Å². The van der Waals surface area contributed by atoms with Gasteiger partial charge < -0.3 is 14.9 Å². The van der Waals surface area contributed by atoms with Gasteiger partial charge in [0, 0.05) is 5.56 Å². The predicted molar refractivity (Wildman–Crippen MR) is 55.0 cm³/mol. The van der Waals surface area contributed by atoms with Crippen LogP contribution in [0, 0.1) is 13.8 Å². The van der Waals surface area contributed by atoms with Crippen molar-refractivity contribution in [2.45, 2.75) is 20.3 Å². The van der Waals surface area contributed by atoms with E-state index < -0.39 is 5.97 Å². The van der Waals surface area contributed by atoms with Crippen LogP contribution in [0.5, 0.6) is 11.5 Å². The van der Waals surface area contributed by atoms with Gasteiger partial charge in [0.1, 0.15) is 11.5 Å². The first-order valence-corrected chi connectivity index (χ1v) is 4.55. The molecule has 4 heteroatoms. The number of phenolic OH excluding ortho intramolecular Hbond substituents is 2. The van der Waals surface area contributed by atoms with Crippen LogP contribution in [-0.4, -0.2) is 23.3 Å². The van der Waals surface area contributed by atoms with Crippen LogP contribution in [0.4, 0.5) is 0 Å². The van der Waals surface area contributed by atoms with Crippen molar-refractivity contribution in [1.29, 1.82) is 0 Å². The molecule has 1 aromatic rings. The number of benzene rings is 1. The quantitative estimate of drug-likeness (QED) is 0.572. The predicted octanol–water partition coefficient (Wildman–Crippen LogP) is 1.43. The van der Waals surface area contributed by atoms with Crippen molar-refractivity contribution >= 4 is 5.97 Å². The van der Waals surface area contributed by atoms with Crippen molar-refractivity contribution in [2.24, 2.45) is 0 Å². The summed E-state index contributed by atoms with van der Waals surface area (Å²) in [6.45, 7) is 3.39. The lowest BCUT2D eigenvalue weighted by atomic mass is 10.0. The summed E-state index contributed by atoms with van der Waals surface area (Å²) in [5, 5.41) is 19.3. The normalized spacial score (nSPS) is 10.1. The molecule has 0 spiro atoms. The van der Waals surface area contributed by atoms with Crippen LogP contribution in [-0.2, 0) is 16.0 Å². The molecule has 0 radical (unpaired) electrons. The first-order valence-electron chi connectivity index (χ1n) is 4.55. The van der Waals surface area contributed by atoms with E-state index in [9.17, 15) is 15.0 Å². The molecule has 4 nitrogen and oxygen atoms in total. The lowest BCUT2D eigenvalue weighted by molar-refractivity contribution is -0.139. The monoisotopic (exact) mass is 210 g/mol. The molecule has 0 saturated carbocycles. The fourth-order valence-corrected chi connectivity index (χ4v) is 1.31. The van der Waals surface area contributed by atoms with Crippen LogP contribution in [0.3, 0.4) is 0 Å². The van der Waals surface area contributed by atoms with Gasteiger partial charge in [-0.1, -0.05) is 0 Å². The Morgan fingerprint density at radius 1 is 1.33 bits per heavy atom. The first-order chi connectivity index (χ1) is 6.97. The van der Waals surface area contributed by atoms with Crippen LogP contribution in [0.2, 0.25) is 0 Å². The van der Waals surface area contributed by atoms with Gasteiger partial charge >= 0.3 is 5.97 Å². The number of methoxy groups -OCH3 is 1. The molecule has 0 aliphatic heterocycles. The Hall–Kier alpha value is -1.71. The van der Waals surface area contributed by atoms with Crippen molar-refractivity contribution in [3.63, 3.8) is 0 Å². The molecule has 82 valence electrons. The molecule has 0 heterocycles. The van der Waals surface area contributed by atoms with E-state index in [1.165, 1.54) is 13.2 Å². The average molecular weight is 210 g/mol. The van der Waals surface area contributed by atoms with E-state index in [0.29, 0.717) is 16.7 Å². The summed E-state index contributed by atoms with van der Waals surface area (Å²) < 4.78 is 4.49. The van der Waals surface area contributed by atoms with Gasteiger partial charge in [-0.3, -0.25) is 4.79 Å². The van der Waals surface area contributed by atoms with Gasteiger partial charge in [0.2, 0.25) is 0 Å². The largest absolute Gasteiger partial charge is 0.508 e. The van der Waals surface area contributed by atoms with E-state index >= 15 is 0 Å². The summed E-state index contributed by atoms with van der Waals surface area (Å²) in [6.07, 6.45) is -0.0446. The van der Waals surface area contributed by atoms with Crippen molar-refractivity contribution in [2.75, 3.05) is 7.11 Å². The molecule has 0 amide bonds. The van der Waals surface area contributed by atoms with Crippen molar-refractivity contribution in [1.82, 2.24) is 0 Å². The van der Waals surface area contributed by atoms with Gasteiger partial charge in [-0.15, -0.1) is 0 Å². The zero-order chi connectivity index (χ0) is 11.6. The molecular weight excluding hydrogens is 196 g/mol. The van der Waals surface area contributed by atoms with Gasteiger partial charge in [-0.25, -0.2) is 0 Å². The number of esters is 1. The maximum atomic E-state index is 11.0. The Balaban J connectivity index is 3.15. The lowest BCUT2D eigenvalue weighted by Gasteiger charge is -2.10. The lowest BCUT2D eigenvalue weighted by Crippen LogP contribution is -2.05. The Labute approximate surface area is 88.1 Å². The first kappa shape index (κ1) is 11.4. The maximum absolute atomic E-state index is 11.0. The smallest absolute Gasteiger partial charge is 0.310 e. The van der Waals surface area contributed by atoms with Crippen LogP contribution < -0.4 is 0 Å². The molecule has 0 fully saturated rings. The SMILES string of the molecule is COC(=O)Cc1cc(O)c(C)c(C)c1O. The summed E-state index contributed by atoms with van der Waals surface area (Å²) in [6, 6.07) is 1.38. The third-order valence-electron chi connectivity index (χ3n) is 2.48. The van der Waals surface area contributed by atoms with Crippen LogP contribution >= 0.6 is 0 Å². The second-order valence-electron chi connectivity index (χ2n) is 3.41. The van der Waals surface area contributed by atoms with Crippen molar-refractivity contribution < 1.29 is 19.7 Å². The van der Waals surface area contributed by atoms with Gasteiger partial charge in [-0.2, -0.15) is 0 Å².